The molecule has 2 heterocycles. The van der Waals surface area contributed by atoms with Crippen LogP contribution in [0.3, 0.4) is 0 Å². The van der Waals surface area contributed by atoms with Gasteiger partial charge in [-0.3, -0.25) is 0 Å². The van der Waals surface area contributed by atoms with Crippen molar-refractivity contribution in [1.82, 2.24) is 9.88 Å². The van der Waals surface area contributed by atoms with Gasteiger partial charge in [0.05, 0.1) is 16.8 Å². The third-order valence-electron chi connectivity index (χ3n) is 5.90. The molecule has 1 aliphatic rings. The monoisotopic (exact) mass is 467 g/mol. The molecule has 4 nitrogen and oxygen atoms in total. The average molecular weight is 468 g/mol. The molecule has 0 radical (unpaired) electrons. The molecule has 0 spiro atoms. The van der Waals surface area contributed by atoms with Crippen molar-refractivity contribution in [2.45, 2.75) is 19.4 Å². The van der Waals surface area contributed by atoms with Gasteiger partial charge < -0.3 is 15.2 Å². The number of halogens is 3. The second kappa shape index (κ2) is 8.15. The van der Waals surface area contributed by atoms with Crippen molar-refractivity contribution in [3.05, 3.63) is 98.9 Å². The first-order valence-electron chi connectivity index (χ1n) is 10.3. The fraction of sp³-hybridized carbons (Fsp3) is 0.160. The van der Waals surface area contributed by atoms with E-state index in [1.165, 1.54) is 12.1 Å². The third-order valence-corrected chi connectivity index (χ3v) is 6.45. The fourth-order valence-corrected chi connectivity index (χ4v) is 4.83. The molecule has 0 saturated heterocycles. The normalized spacial score (nSPS) is 15.6. The first kappa shape index (κ1) is 20.9. The Bertz CT molecular complexity index is 1330. The summed E-state index contributed by atoms with van der Waals surface area (Å²) < 4.78 is 13.7. The average Bonchev–Trinajstić information content (AvgIpc) is 3.13. The maximum Gasteiger partial charge on any atom is 0.322 e. The van der Waals surface area contributed by atoms with Crippen LogP contribution in [0.2, 0.25) is 10.0 Å². The summed E-state index contributed by atoms with van der Waals surface area (Å²) in [6.45, 7) is 2.43. The number of carbonyl (C=O) groups excluding carboxylic acids is 1. The van der Waals surface area contributed by atoms with Gasteiger partial charge in [-0.1, -0.05) is 41.4 Å². The predicted molar refractivity (Wildman–Crippen MR) is 127 cm³/mol. The van der Waals surface area contributed by atoms with E-state index in [-0.39, 0.29) is 11.8 Å². The molecule has 0 saturated carbocycles. The van der Waals surface area contributed by atoms with Gasteiger partial charge in [0.1, 0.15) is 5.82 Å². The Morgan fingerprint density at radius 3 is 2.62 bits per heavy atom. The highest BCUT2D eigenvalue weighted by molar-refractivity contribution is 6.33. The number of benzene rings is 3. The van der Waals surface area contributed by atoms with E-state index in [9.17, 15) is 9.18 Å². The van der Waals surface area contributed by atoms with Crippen molar-refractivity contribution in [3.8, 4) is 0 Å². The minimum atomic E-state index is -0.408. The van der Waals surface area contributed by atoms with Gasteiger partial charge >= 0.3 is 6.03 Å². The number of hydrogen-bond acceptors (Lipinski definition) is 1. The summed E-state index contributed by atoms with van der Waals surface area (Å²) in [5, 5.41) is 5.12. The van der Waals surface area contributed by atoms with Crippen molar-refractivity contribution < 1.29 is 9.18 Å². The van der Waals surface area contributed by atoms with Gasteiger partial charge in [0, 0.05) is 28.2 Å². The topological polar surface area (TPSA) is 48.1 Å². The number of anilines is 1. The maximum atomic E-state index is 13.7. The van der Waals surface area contributed by atoms with Crippen LogP contribution in [0, 0.1) is 12.7 Å². The van der Waals surface area contributed by atoms with Crippen LogP contribution < -0.4 is 5.32 Å². The van der Waals surface area contributed by atoms with E-state index in [2.05, 4.69) is 10.3 Å². The van der Waals surface area contributed by atoms with Gasteiger partial charge in [-0.2, -0.15) is 0 Å². The summed E-state index contributed by atoms with van der Waals surface area (Å²) in [5.41, 5.74) is 5.36. The minimum Gasteiger partial charge on any atom is -0.356 e. The number of amides is 2. The van der Waals surface area contributed by atoms with Gasteiger partial charge in [0.15, 0.2) is 0 Å². The number of aryl methyl sites for hydroxylation is 1. The minimum absolute atomic E-state index is 0.271. The molecule has 1 atom stereocenters. The molecule has 5 rings (SSSR count). The standard InChI is InChI=1S/C25H20Cl2FN3O/c1-14-2-8-22(20(27)12-14)30-25(32)31-11-10-18-19-13-16(26)5-9-21(19)29-23(18)24(31)15-3-6-17(28)7-4-15/h2-9,12-13,24,29H,10-11H2,1H3,(H,30,32)/t24-/m1/s1. The number of rotatable bonds is 2. The molecule has 162 valence electrons. The number of urea groups is 1. The molecule has 7 heteroatoms. The Kier molecular flexibility index (Phi) is 5.31. The summed E-state index contributed by atoms with van der Waals surface area (Å²) in [6.07, 6.45) is 0.669. The van der Waals surface area contributed by atoms with E-state index in [1.54, 1.807) is 23.1 Å². The number of fused-ring (bicyclic) bond motifs is 3. The summed E-state index contributed by atoms with van der Waals surface area (Å²) in [4.78, 5) is 18.6. The predicted octanol–water partition coefficient (Wildman–Crippen LogP) is 7.10. The van der Waals surface area contributed by atoms with Crippen LogP contribution in [0.5, 0.6) is 0 Å². The van der Waals surface area contributed by atoms with Gasteiger partial charge in [0.2, 0.25) is 0 Å². The number of nitrogens with zero attached hydrogens (tertiary/aromatic N) is 1. The lowest BCUT2D eigenvalue weighted by atomic mass is 9.92. The Balaban J connectivity index is 1.58. The number of nitrogens with one attached hydrogen (secondary N) is 2. The largest absolute Gasteiger partial charge is 0.356 e. The Hall–Kier alpha value is -3.02. The third kappa shape index (κ3) is 3.72. The van der Waals surface area contributed by atoms with Crippen LogP contribution in [-0.2, 0) is 6.42 Å². The molecule has 1 aromatic heterocycles. The second-order valence-corrected chi connectivity index (χ2v) is 8.86. The molecule has 2 N–H and O–H groups in total. The van der Waals surface area contributed by atoms with Crippen LogP contribution in [0.15, 0.2) is 60.7 Å². The number of H-pyrrole nitrogens is 1. The summed E-state index contributed by atoms with van der Waals surface area (Å²) in [6, 6.07) is 16.8. The van der Waals surface area contributed by atoms with E-state index in [0.717, 1.165) is 33.3 Å². The highest BCUT2D eigenvalue weighted by Crippen LogP contribution is 2.39. The number of aromatic nitrogens is 1. The maximum absolute atomic E-state index is 13.7. The van der Waals surface area contributed by atoms with Crippen molar-refractivity contribution >= 4 is 45.8 Å². The molecule has 3 aromatic carbocycles. The lowest BCUT2D eigenvalue weighted by Gasteiger charge is -2.36. The molecule has 2 amide bonds. The fourth-order valence-electron chi connectivity index (χ4n) is 4.38. The highest BCUT2D eigenvalue weighted by Gasteiger charge is 2.35. The van der Waals surface area contributed by atoms with Gasteiger partial charge in [-0.15, -0.1) is 0 Å². The van der Waals surface area contributed by atoms with Crippen LogP contribution >= 0.6 is 23.2 Å². The van der Waals surface area contributed by atoms with Gasteiger partial charge in [-0.25, -0.2) is 9.18 Å². The lowest BCUT2D eigenvalue weighted by Crippen LogP contribution is -2.43. The van der Waals surface area contributed by atoms with Crippen LogP contribution in [-0.4, -0.2) is 22.5 Å². The van der Waals surface area contributed by atoms with E-state index in [4.69, 9.17) is 23.2 Å². The lowest BCUT2D eigenvalue weighted by molar-refractivity contribution is 0.193. The Morgan fingerprint density at radius 2 is 1.88 bits per heavy atom. The SMILES string of the molecule is Cc1ccc(NC(=O)N2CCc3c([nH]c4ccc(Cl)cc34)[C@H]2c2ccc(F)cc2)c(Cl)c1. The molecule has 0 unspecified atom stereocenters. The molecule has 0 fully saturated rings. The summed E-state index contributed by atoms with van der Waals surface area (Å²) in [5.74, 6) is -0.323. The van der Waals surface area contributed by atoms with Gasteiger partial charge in [-0.05, 0) is 72.5 Å². The van der Waals surface area contributed by atoms with Crippen molar-refractivity contribution in [3.63, 3.8) is 0 Å². The van der Waals surface area contributed by atoms with Gasteiger partial charge in [0.25, 0.3) is 0 Å². The van der Waals surface area contributed by atoms with E-state index in [0.29, 0.717) is 28.7 Å². The van der Waals surface area contributed by atoms with E-state index >= 15 is 0 Å². The van der Waals surface area contributed by atoms with Crippen molar-refractivity contribution in [2.75, 3.05) is 11.9 Å². The van der Waals surface area contributed by atoms with E-state index < -0.39 is 6.04 Å². The van der Waals surface area contributed by atoms with Crippen LogP contribution in [0.25, 0.3) is 10.9 Å². The Morgan fingerprint density at radius 1 is 1.09 bits per heavy atom. The molecular weight excluding hydrogens is 448 g/mol. The van der Waals surface area contributed by atoms with Crippen LogP contribution in [0.4, 0.5) is 14.9 Å². The van der Waals surface area contributed by atoms with E-state index in [1.807, 2.05) is 37.3 Å². The first-order valence-corrected chi connectivity index (χ1v) is 11.1. The smallest absolute Gasteiger partial charge is 0.322 e. The van der Waals surface area contributed by atoms with Crippen LogP contribution in [0.1, 0.15) is 28.4 Å². The molecule has 1 aliphatic heterocycles. The summed E-state index contributed by atoms with van der Waals surface area (Å²) in [7, 11) is 0. The molecule has 4 aromatic rings. The Labute approximate surface area is 194 Å². The molecular formula is C25H20Cl2FN3O. The zero-order valence-electron chi connectivity index (χ0n) is 17.3. The number of carbonyl (C=O) groups is 1. The molecule has 0 aliphatic carbocycles. The van der Waals surface area contributed by atoms with Crippen molar-refractivity contribution in [1.29, 1.82) is 0 Å². The first-order chi connectivity index (χ1) is 15.4. The quantitative estimate of drug-likeness (QED) is 0.324. The zero-order valence-corrected chi connectivity index (χ0v) is 18.8. The zero-order chi connectivity index (χ0) is 22.4. The summed E-state index contributed by atoms with van der Waals surface area (Å²) >= 11 is 12.6. The second-order valence-electron chi connectivity index (χ2n) is 8.02. The molecule has 32 heavy (non-hydrogen) atoms. The van der Waals surface area contributed by atoms with Crippen molar-refractivity contribution in [2.24, 2.45) is 0 Å². The highest BCUT2D eigenvalue weighted by atomic mass is 35.5. The number of aromatic amines is 1. The number of hydrogen-bond donors (Lipinski definition) is 2. The molecule has 0 bridgehead atoms.